The van der Waals surface area contributed by atoms with E-state index < -0.39 is 6.09 Å². The molecule has 2 aliphatic rings. The molecule has 0 spiro atoms. The number of carbonyl (C=O) groups is 1. The minimum absolute atomic E-state index is 0.326. The third-order valence-electron chi connectivity index (χ3n) is 5.59. The summed E-state index contributed by atoms with van der Waals surface area (Å²) in [5.74, 6) is 0.482. The van der Waals surface area contributed by atoms with Crippen LogP contribution in [-0.2, 0) is 0 Å². The van der Waals surface area contributed by atoms with Crippen molar-refractivity contribution < 1.29 is 9.90 Å². The molecule has 0 aromatic carbocycles. The number of aromatic nitrogens is 4. The smallest absolute Gasteiger partial charge is 0.407 e. The third-order valence-corrected chi connectivity index (χ3v) is 6.34. The van der Waals surface area contributed by atoms with Crippen LogP contribution in [0.4, 0.5) is 10.6 Å². The first-order valence-electron chi connectivity index (χ1n) is 8.90. The highest BCUT2D eigenvalue weighted by molar-refractivity contribution is 14.1. The predicted octanol–water partition coefficient (Wildman–Crippen LogP) is 1.79. The van der Waals surface area contributed by atoms with E-state index in [1.54, 1.807) is 0 Å². The second-order valence-electron chi connectivity index (χ2n) is 6.96. The minimum Gasteiger partial charge on any atom is -0.465 e. The van der Waals surface area contributed by atoms with Gasteiger partial charge in [0.1, 0.15) is 15.8 Å². The fraction of sp³-hybridized carbons (Fsp3) is 0.625. The van der Waals surface area contributed by atoms with Gasteiger partial charge in [0.05, 0.1) is 11.4 Å². The monoisotopic (exact) mass is 471 g/mol. The molecule has 1 saturated carbocycles. The maximum Gasteiger partial charge on any atom is 0.407 e. The lowest BCUT2D eigenvalue weighted by molar-refractivity contribution is 0.0671. The second kappa shape index (κ2) is 7.14. The number of anilines is 1. The second-order valence-corrected chi connectivity index (χ2v) is 7.98. The molecule has 4 rings (SSSR count). The van der Waals surface area contributed by atoms with E-state index in [9.17, 15) is 4.79 Å². The molecule has 2 aromatic heterocycles. The van der Waals surface area contributed by atoms with Crippen molar-refractivity contribution in [3.8, 4) is 0 Å². The van der Waals surface area contributed by atoms with Crippen molar-refractivity contribution in [3.05, 3.63) is 10.0 Å². The van der Waals surface area contributed by atoms with Gasteiger partial charge >= 0.3 is 6.09 Å². The van der Waals surface area contributed by atoms with Crippen LogP contribution in [0.1, 0.15) is 31.7 Å². The Morgan fingerprint density at radius 2 is 1.77 bits per heavy atom. The van der Waals surface area contributed by atoms with Crippen molar-refractivity contribution in [2.24, 2.45) is 0 Å². The Morgan fingerprint density at radius 3 is 2.42 bits per heavy atom. The summed E-state index contributed by atoms with van der Waals surface area (Å²) >= 11 is 2.19. The van der Waals surface area contributed by atoms with Gasteiger partial charge < -0.3 is 15.7 Å². The SMILES string of the molecule is Nc1ncnc2c1c(I)nn2C1CCC(N2CCN(C(=O)O)CC2)CC1. The quantitative estimate of drug-likeness (QED) is 0.643. The lowest BCUT2D eigenvalue weighted by atomic mass is 9.90. The fourth-order valence-electron chi connectivity index (χ4n) is 4.15. The highest BCUT2D eigenvalue weighted by Crippen LogP contribution is 2.34. The van der Waals surface area contributed by atoms with E-state index >= 15 is 0 Å². The summed E-state index contributed by atoms with van der Waals surface area (Å²) in [6.07, 6.45) is 4.96. The average molecular weight is 471 g/mol. The van der Waals surface area contributed by atoms with Crippen LogP contribution in [-0.4, -0.2) is 73.0 Å². The van der Waals surface area contributed by atoms with Crippen LogP contribution in [0.5, 0.6) is 0 Å². The first-order valence-corrected chi connectivity index (χ1v) is 9.98. The van der Waals surface area contributed by atoms with Gasteiger partial charge in [-0.15, -0.1) is 0 Å². The van der Waals surface area contributed by atoms with Crippen LogP contribution >= 0.6 is 22.6 Å². The van der Waals surface area contributed by atoms with Crippen LogP contribution in [0.2, 0.25) is 0 Å². The van der Waals surface area contributed by atoms with E-state index in [0.29, 0.717) is 31.0 Å². The van der Waals surface area contributed by atoms with Crippen molar-refractivity contribution in [1.82, 2.24) is 29.5 Å². The molecular weight excluding hydrogens is 449 g/mol. The molecule has 2 fully saturated rings. The van der Waals surface area contributed by atoms with E-state index in [1.165, 1.54) is 11.2 Å². The lowest BCUT2D eigenvalue weighted by Gasteiger charge is -2.41. The minimum atomic E-state index is -0.810. The molecule has 3 N–H and O–H groups in total. The van der Waals surface area contributed by atoms with Gasteiger partial charge in [0.15, 0.2) is 5.65 Å². The van der Waals surface area contributed by atoms with Crippen LogP contribution in [0, 0.1) is 3.70 Å². The molecular formula is C16H22IN7O2. The summed E-state index contributed by atoms with van der Waals surface area (Å²) in [7, 11) is 0. The van der Waals surface area contributed by atoms with E-state index in [0.717, 1.165) is 53.5 Å². The van der Waals surface area contributed by atoms with Gasteiger partial charge in [-0.3, -0.25) is 4.90 Å². The predicted molar refractivity (Wildman–Crippen MR) is 105 cm³/mol. The summed E-state index contributed by atoms with van der Waals surface area (Å²) in [5, 5.41) is 14.6. The Morgan fingerprint density at radius 1 is 1.12 bits per heavy atom. The molecule has 1 amide bonds. The molecule has 1 aliphatic carbocycles. The van der Waals surface area contributed by atoms with Crippen molar-refractivity contribution >= 4 is 45.5 Å². The Balaban J connectivity index is 1.42. The summed E-state index contributed by atoms with van der Waals surface area (Å²) in [4.78, 5) is 23.5. The molecule has 26 heavy (non-hydrogen) atoms. The summed E-state index contributed by atoms with van der Waals surface area (Å²) < 4.78 is 2.87. The first kappa shape index (κ1) is 17.7. The van der Waals surface area contributed by atoms with Gasteiger partial charge in [-0.25, -0.2) is 19.4 Å². The van der Waals surface area contributed by atoms with Gasteiger partial charge in [-0.1, -0.05) is 0 Å². The molecule has 1 saturated heterocycles. The molecule has 0 unspecified atom stereocenters. The standard InChI is InChI=1S/C16H22IN7O2/c17-13-12-14(18)19-9-20-15(12)24(21-13)11-3-1-10(2-4-11)22-5-7-23(8-6-22)16(25)26/h9-11H,1-8H2,(H,25,26)(H2,18,19,20). The van der Waals surface area contributed by atoms with E-state index in [-0.39, 0.29) is 0 Å². The van der Waals surface area contributed by atoms with Crippen LogP contribution in [0.15, 0.2) is 6.33 Å². The number of nitrogens with two attached hydrogens (primary N) is 1. The number of piperazine rings is 1. The zero-order chi connectivity index (χ0) is 18.3. The molecule has 9 nitrogen and oxygen atoms in total. The van der Waals surface area contributed by atoms with E-state index in [1.807, 2.05) is 4.68 Å². The Hall–Kier alpha value is -1.69. The van der Waals surface area contributed by atoms with Gasteiger partial charge in [0, 0.05) is 32.2 Å². The van der Waals surface area contributed by atoms with E-state index in [4.69, 9.17) is 10.8 Å². The number of amides is 1. The number of hydrogen-bond donors (Lipinski definition) is 2. The molecule has 1 aliphatic heterocycles. The number of fused-ring (bicyclic) bond motifs is 1. The molecule has 140 valence electrons. The molecule has 10 heteroatoms. The average Bonchev–Trinajstić information content (AvgIpc) is 3.00. The molecule has 0 bridgehead atoms. The Bertz CT molecular complexity index is 810. The Labute approximate surface area is 164 Å². The third kappa shape index (κ3) is 3.20. The number of hydrogen-bond acceptors (Lipinski definition) is 6. The molecule has 0 radical (unpaired) electrons. The highest BCUT2D eigenvalue weighted by Gasteiger charge is 2.31. The zero-order valence-corrected chi connectivity index (χ0v) is 16.5. The topological polar surface area (TPSA) is 113 Å². The van der Waals surface area contributed by atoms with Gasteiger partial charge in [0.2, 0.25) is 0 Å². The number of rotatable bonds is 2. The van der Waals surface area contributed by atoms with Crippen molar-refractivity contribution in [3.63, 3.8) is 0 Å². The highest BCUT2D eigenvalue weighted by atomic mass is 127. The molecule has 2 aromatic rings. The summed E-state index contributed by atoms with van der Waals surface area (Å²) in [5.41, 5.74) is 6.81. The Kier molecular flexibility index (Phi) is 4.86. The van der Waals surface area contributed by atoms with Crippen LogP contribution in [0.3, 0.4) is 0 Å². The van der Waals surface area contributed by atoms with Gasteiger partial charge in [-0.05, 0) is 48.3 Å². The van der Waals surface area contributed by atoms with E-state index in [2.05, 4.69) is 42.6 Å². The molecule has 0 atom stereocenters. The number of nitrogens with zero attached hydrogens (tertiary/aromatic N) is 6. The zero-order valence-electron chi connectivity index (χ0n) is 14.4. The van der Waals surface area contributed by atoms with Crippen LogP contribution in [0.25, 0.3) is 11.0 Å². The normalized spacial score (nSPS) is 24.9. The van der Waals surface area contributed by atoms with Crippen molar-refractivity contribution in [2.75, 3.05) is 31.9 Å². The lowest BCUT2D eigenvalue weighted by Crippen LogP contribution is -2.52. The largest absolute Gasteiger partial charge is 0.465 e. The number of carboxylic acid groups (broad SMARTS) is 1. The van der Waals surface area contributed by atoms with Crippen LogP contribution < -0.4 is 5.73 Å². The van der Waals surface area contributed by atoms with Gasteiger partial charge in [0.25, 0.3) is 0 Å². The maximum absolute atomic E-state index is 11.0. The molecule has 3 heterocycles. The number of halogens is 1. The summed E-state index contributed by atoms with van der Waals surface area (Å²) in [6, 6.07) is 0.856. The maximum atomic E-state index is 11.0. The fourth-order valence-corrected chi connectivity index (χ4v) is 4.90. The summed E-state index contributed by atoms with van der Waals surface area (Å²) in [6.45, 7) is 2.86. The van der Waals surface area contributed by atoms with Crippen molar-refractivity contribution in [1.29, 1.82) is 0 Å². The van der Waals surface area contributed by atoms with Crippen molar-refractivity contribution in [2.45, 2.75) is 37.8 Å². The number of nitrogen functional groups attached to an aromatic ring is 1. The van der Waals surface area contributed by atoms with Gasteiger partial charge in [-0.2, -0.15) is 5.10 Å². The first-order chi connectivity index (χ1) is 12.5.